The van der Waals surface area contributed by atoms with E-state index >= 15 is 0 Å². The minimum atomic E-state index is -4.48. The molecule has 3 rings (SSSR count). The molecule has 0 amide bonds. The highest BCUT2D eigenvalue weighted by atomic mass is 35.5. The summed E-state index contributed by atoms with van der Waals surface area (Å²) in [5, 5.41) is 2.97. The monoisotopic (exact) mass is 344 g/mol. The molecule has 2 aromatic rings. The topological polar surface area (TPSA) is 28.4 Å². The number of hydrogen-bond acceptors (Lipinski definition) is 3. The Bertz CT molecular complexity index is 652. The number of piperazine rings is 1. The molecule has 23 heavy (non-hydrogen) atoms. The Morgan fingerprint density at radius 2 is 1.87 bits per heavy atom. The lowest BCUT2D eigenvalue weighted by molar-refractivity contribution is -0.137. The van der Waals surface area contributed by atoms with Crippen LogP contribution in [0.2, 0.25) is 5.02 Å². The fraction of sp³-hybridized carbons (Fsp3) is 0.375. The van der Waals surface area contributed by atoms with Crippen molar-refractivity contribution in [2.45, 2.75) is 12.2 Å². The first-order chi connectivity index (χ1) is 11.0. The van der Waals surface area contributed by atoms with Crippen LogP contribution in [0.5, 0.6) is 0 Å². The summed E-state index contributed by atoms with van der Waals surface area (Å²) in [6, 6.07) is 7.09. The Balaban J connectivity index is 2.07. The van der Waals surface area contributed by atoms with E-state index in [9.17, 15) is 13.2 Å². The lowest BCUT2D eigenvalue weighted by Gasteiger charge is -2.34. The highest BCUT2D eigenvalue weighted by Gasteiger charge is 2.36. The Labute approximate surface area is 137 Å². The van der Waals surface area contributed by atoms with Gasteiger partial charge in [-0.2, -0.15) is 13.2 Å². The molecule has 1 fully saturated rings. The smallest absolute Gasteiger partial charge is 0.417 e. The highest BCUT2D eigenvalue weighted by molar-refractivity contribution is 6.32. The van der Waals surface area contributed by atoms with Gasteiger partial charge in [0.2, 0.25) is 0 Å². The molecule has 1 aromatic carbocycles. The van der Waals surface area contributed by atoms with E-state index in [-0.39, 0.29) is 5.02 Å². The van der Waals surface area contributed by atoms with E-state index in [4.69, 9.17) is 16.0 Å². The van der Waals surface area contributed by atoms with Gasteiger partial charge in [-0.3, -0.25) is 4.90 Å². The Kier molecular flexibility index (Phi) is 4.66. The molecule has 1 aliphatic heterocycles. The molecular weight excluding hydrogens is 329 g/mol. The molecule has 7 heteroatoms. The minimum absolute atomic E-state index is 0.264. The molecule has 0 unspecified atom stereocenters. The fourth-order valence-corrected chi connectivity index (χ4v) is 3.23. The number of nitrogens with one attached hydrogen (secondary N) is 1. The molecule has 0 radical (unpaired) electrons. The van der Waals surface area contributed by atoms with Gasteiger partial charge in [0.15, 0.2) is 0 Å². The van der Waals surface area contributed by atoms with Crippen LogP contribution in [0.25, 0.3) is 0 Å². The first-order valence-electron chi connectivity index (χ1n) is 7.32. The molecular formula is C16H16ClF3N2O. The zero-order valence-corrected chi connectivity index (χ0v) is 13.0. The Morgan fingerprint density at radius 3 is 2.48 bits per heavy atom. The van der Waals surface area contributed by atoms with Crippen LogP contribution in [-0.4, -0.2) is 31.1 Å². The number of nitrogens with zero attached hydrogens (tertiary/aromatic N) is 1. The molecule has 1 atom stereocenters. The van der Waals surface area contributed by atoms with Gasteiger partial charge in [0, 0.05) is 26.2 Å². The van der Waals surface area contributed by atoms with E-state index in [1.54, 1.807) is 18.2 Å². The summed E-state index contributed by atoms with van der Waals surface area (Å²) < 4.78 is 44.9. The van der Waals surface area contributed by atoms with Crippen molar-refractivity contribution in [2.24, 2.45) is 0 Å². The molecule has 0 saturated carbocycles. The van der Waals surface area contributed by atoms with Gasteiger partial charge in [-0.25, -0.2) is 0 Å². The zero-order chi connectivity index (χ0) is 16.4. The molecule has 1 aromatic heterocycles. The average molecular weight is 345 g/mol. The van der Waals surface area contributed by atoms with Crippen molar-refractivity contribution in [3.05, 3.63) is 58.5 Å². The van der Waals surface area contributed by atoms with E-state index < -0.39 is 17.8 Å². The maximum Gasteiger partial charge on any atom is 0.417 e. The number of benzene rings is 1. The van der Waals surface area contributed by atoms with Gasteiger partial charge in [-0.15, -0.1) is 0 Å². The van der Waals surface area contributed by atoms with Crippen molar-refractivity contribution in [3.8, 4) is 0 Å². The summed E-state index contributed by atoms with van der Waals surface area (Å²) in [7, 11) is 0. The summed E-state index contributed by atoms with van der Waals surface area (Å²) in [6.07, 6.45) is -2.96. The van der Waals surface area contributed by atoms with Gasteiger partial charge in [0.05, 0.1) is 22.9 Å². The van der Waals surface area contributed by atoms with Crippen molar-refractivity contribution in [1.82, 2.24) is 10.2 Å². The number of rotatable bonds is 3. The minimum Gasteiger partial charge on any atom is -0.467 e. The van der Waals surface area contributed by atoms with Crippen molar-refractivity contribution < 1.29 is 17.6 Å². The standard InChI is InChI=1S/C16H16ClF3N2O/c17-14-11(3-1-4-12(14)16(18,19)20)15(13-5-2-10-23-13)22-8-6-21-7-9-22/h1-5,10,15,21H,6-9H2/t15-/m1/s1. The molecule has 0 aliphatic carbocycles. The van der Waals surface area contributed by atoms with E-state index in [0.29, 0.717) is 24.4 Å². The van der Waals surface area contributed by atoms with E-state index in [2.05, 4.69) is 10.2 Å². The third kappa shape index (κ3) is 3.39. The second kappa shape index (κ2) is 6.55. The van der Waals surface area contributed by atoms with Gasteiger partial charge < -0.3 is 9.73 Å². The van der Waals surface area contributed by atoms with Gasteiger partial charge in [-0.05, 0) is 23.8 Å². The number of furan rings is 1. The Hall–Kier alpha value is -1.50. The second-order valence-corrected chi connectivity index (χ2v) is 5.79. The van der Waals surface area contributed by atoms with Gasteiger partial charge in [0.1, 0.15) is 5.76 Å². The molecule has 3 nitrogen and oxygen atoms in total. The summed E-state index contributed by atoms with van der Waals surface area (Å²) in [5.74, 6) is 0.591. The van der Waals surface area contributed by atoms with Crippen LogP contribution in [0.3, 0.4) is 0 Å². The lowest BCUT2D eigenvalue weighted by atomic mass is 9.99. The first kappa shape index (κ1) is 16.4. The number of halogens is 4. The predicted octanol–water partition coefficient (Wildman–Crippen LogP) is 3.95. The quantitative estimate of drug-likeness (QED) is 0.914. The maximum atomic E-state index is 13.1. The maximum absolute atomic E-state index is 13.1. The summed E-state index contributed by atoms with van der Waals surface area (Å²) in [6.45, 7) is 2.96. The number of hydrogen-bond donors (Lipinski definition) is 1. The van der Waals surface area contributed by atoms with Crippen LogP contribution in [-0.2, 0) is 6.18 Å². The van der Waals surface area contributed by atoms with E-state index in [1.165, 1.54) is 12.3 Å². The molecule has 0 spiro atoms. The van der Waals surface area contributed by atoms with Gasteiger partial charge in [0.25, 0.3) is 0 Å². The second-order valence-electron chi connectivity index (χ2n) is 5.41. The fourth-order valence-electron chi connectivity index (χ4n) is 2.90. The summed E-state index contributed by atoms with van der Waals surface area (Å²) >= 11 is 6.12. The normalized spacial score (nSPS) is 18.1. The molecule has 1 saturated heterocycles. The van der Waals surface area contributed by atoms with Crippen LogP contribution in [0.4, 0.5) is 13.2 Å². The van der Waals surface area contributed by atoms with Crippen molar-refractivity contribution in [1.29, 1.82) is 0 Å². The molecule has 124 valence electrons. The number of alkyl halides is 3. The third-order valence-electron chi connectivity index (χ3n) is 3.96. The summed E-state index contributed by atoms with van der Waals surface area (Å²) in [4.78, 5) is 2.08. The largest absolute Gasteiger partial charge is 0.467 e. The van der Waals surface area contributed by atoms with Crippen LogP contribution in [0.15, 0.2) is 41.0 Å². The van der Waals surface area contributed by atoms with Gasteiger partial charge >= 0.3 is 6.18 Å². The van der Waals surface area contributed by atoms with Crippen molar-refractivity contribution >= 4 is 11.6 Å². The molecule has 0 bridgehead atoms. The average Bonchev–Trinajstić information content (AvgIpc) is 3.03. The molecule has 2 heterocycles. The van der Waals surface area contributed by atoms with Crippen molar-refractivity contribution in [3.63, 3.8) is 0 Å². The predicted molar refractivity (Wildman–Crippen MR) is 81.4 cm³/mol. The Morgan fingerprint density at radius 1 is 1.13 bits per heavy atom. The summed E-state index contributed by atoms with van der Waals surface area (Å²) in [5.41, 5.74) is -0.401. The molecule has 1 aliphatic rings. The SMILES string of the molecule is FC(F)(F)c1cccc([C@H](c2ccco2)N2CCNCC2)c1Cl. The zero-order valence-electron chi connectivity index (χ0n) is 12.2. The van der Waals surface area contributed by atoms with Crippen LogP contribution >= 0.6 is 11.6 Å². The van der Waals surface area contributed by atoms with Crippen LogP contribution < -0.4 is 5.32 Å². The molecule has 1 N–H and O–H groups in total. The first-order valence-corrected chi connectivity index (χ1v) is 7.70. The van der Waals surface area contributed by atoms with Crippen LogP contribution in [0, 0.1) is 0 Å². The third-order valence-corrected chi connectivity index (χ3v) is 4.38. The van der Waals surface area contributed by atoms with E-state index in [0.717, 1.165) is 19.2 Å². The highest BCUT2D eigenvalue weighted by Crippen LogP contribution is 2.41. The van der Waals surface area contributed by atoms with Gasteiger partial charge in [-0.1, -0.05) is 23.7 Å². The van der Waals surface area contributed by atoms with Crippen molar-refractivity contribution in [2.75, 3.05) is 26.2 Å². The lowest BCUT2D eigenvalue weighted by Crippen LogP contribution is -2.45. The van der Waals surface area contributed by atoms with Crippen LogP contribution in [0.1, 0.15) is 22.9 Å². The van der Waals surface area contributed by atoms with E-state index in [1.807, 2.05) is 0 Å².